The van der Waals surface area contributed by atoms with Crippen molar-refractivity contribution in [1.82, 2.24) is 0 Å². The van der Waals surface area contributed by atoms with Gasteiger partial charge in [-0.15, -0.1) is 0 Å². The fourth-order valence-electron chi connectivity index (χ4n) is 2.23. The Hall–Kier alpha value is -2.20. The largest absolute Gasteiger partial charge is 0.494 e. The molecule has 0 aliphatic heterocycles. The molecule has 0 saturated heterocycles. The number of benzene rings is 2. The van der Waals surface area contributed by atoms with Crippen LogP contribution >= 0.6 is 11.6 Å². The van der Waals surface area contributed by atoms with Crippen molar-refractivity contribution in [3.63, 3.8) is 0 Å². The molecule has 0 radical (unpaired) electrons. The summed E-state index contributed by atoms with van der Waals surface area (Å²) in [5.41, 5.74) is 1.59. The Morgan fingerprint density at radius 1 is 1.17 bits per heavy atom. The van der Waals surface area contributed by atoms with Crippen LogP contribution in [0.1, 0.15) is 25.8 Å². The molecule has 0 aliphatic rings. The summed E-state index contributed by atoms with van der Waals surface area (Å²) < 4.78 is 11.2. The maximum absolute atomic E-state index is 12.5. The van der Waals surface area contributed by atoms with E-state index in [1.165, 1.54) is 0 Å². The van der Waals surface area contributed by atoms with E-state index in [0.29, 0.717) is 29.5 Å². The normalized spacial score (nSPS) is 11.7. The van der Waals surface area contributed by atoms with Gasteiger partial charge in [0.05, 0.1) is 6.61 Å². The van der Waals surface area contributed by atoms with E-state index in [-0.39, 0.29) is 5.91 Å². The highest BCUT2D eigenvalue weighted by atomic mass is 35.5. The van der Waals surface area contributed by atoms with Crippen LogP contribution in [0, 0.1) is 6.92 Å². The predicted octanol–water partition coefficient (Wildman–Crippen LogP) is 4.84. The topological polar surface area (TPSA) is 47.6 Å². The predicted molar refractivity (Wildman–Crippen MR) is 97.1 cm³/mol. The van der Waals surface area contributed by atoms with Gasteiger partial charge in [-0.1, -0.05) is 24.6 Å². The molecule has 5 heteroatoms. The molecular weight excluding hydrogens is 326 g/mol. The van der Waals surface area contributed by atoms with Crippen molar-refractivity contribution in [2.45, 2.75) is 33.3 Å². The lowest BCUT2D eigenvalue weighted by Crippen LogP contribution is -2.32. The number of carbonyl (C=O) groups excluding carboxylic acids is 1. The summed E-state index contributed by atoms with van der Waals surface area (Å²) in [4.78, 5) is 12.5. The summed E-state index contributed by atoms with van der Waals surface area (Å²) >= 11 is 6.01. The molecule has 2 aromatic rings. The van der Waals surface area contributed by atoms with Crippen molar-refractivity contribution in [3.05, 3.63) is 53.1 Å². The summed E-state index contributed by atoms with van der Waals surface area (Å²) in [5.74, 6) is 1.15. The molecule has 1 N–H and O–H groups in total. The molecule has 0 saturated carbocycles. The van der Waals surface area contributed by atoms with Crippen LogP contribution in [0.3, 0.4) is 0 Å². The van der Waals surface area contributed by atoms with Gasteiger partial charge < -0.3 is 14.8 Å². The number of nitrogens with one attached hydrogen (secondary N) is 1. The highest BCUT2D eigenvalue weighted by Crippen LogP contribution is 2.23. The van der Waals surface area contributed by atoms with Crippen molar-refractivity contribution < 1.29 is 14.3 Å². The van der Waals surface area contributed by atoms with Crippen molar-refractivity contribution in [3.8, 4) is 11.5 Å². The molecule has 0 unspecified atom stereocenters. The monoisotopic (exact) mass is 347 g/mol. The number of amides is 1. The Morgan fingerprint density at radius 3 is 2.62 bits per heavy atom. The van der Waals surface area contributed by atoms with Gasteiger partial charge in [-0.3, -0.25) is 4.79 Å². The summed E-state index contributed by atoms with van der Waals surface area (Å²) in [6, 6.07) is 12.7. The highest BCUT2D eigenvalue weighted by molar-refractivity contribution is 6.31. The average molecular weight is 348 g/mol. The lowest BCUT2D eigenvalue weighted by Gasteiger charge is -2.18. The molecule has 0 spiro atoms. The van der Waals surface area contributed by atoms with E-state index in [0.717, 1.165) is 11.3 Å². The zero-order valence-corrected chi connectivity index (χ0v) is 14.9. The van der Waals surface area contributed by atoms with Gasteiger partial charge in [0, 0.05) is 16.8 Å². The highest BCUT2D eigenvalue weighted by Gasteiger charge is 2.19. The molecule has 0 aliphatic carbocycles. The van der Waals surface area contributed by atoms with E-state index in [1.807, 2.05) is 45.0 Å². The Labute approximate surface area is 147 Å². The molecule has 24 heavy (non-hydrogen) atoms. The molecule has 0 bridgehead atoms. The van der Waals surface area contributed by atoms with Crippen molar-refractivity contribution in [2.24, 2.45) is 0 Å². The number of hydrogen-bond acceptors (Lipinski definition) is 3. The standard InChI is InChI=1S/C19H22ClNO3/c1-4-18(24-16-9-10-17(20)13(3)11-16)19(22)21-14-7-6-8-15(12-14)23-5-2/h6-12,18H,4-5H2,1-3H3,(H,21,22)/t18-/m0/s1. The molecule has 0 aromatic heterocycles. The summed E-state index contributed by atoms with van der Waals surface area (Å²) in [5, 5.41) is 3.54. The van der Waals surface area contributed by atoms with E-state index < -0.39 is 6.10 Å². The smallest absolute Gasteiger partial charge is 0.265 e. The molecular formula is C19H22ClNO3. The lowest BCUT2D eigenvalue weighted by molar-refractivity contribution is -0.122. The van der Waals surface area contributed by atoms with Crippen LogP contribution in [0.25, 0.3) is 0 Å². The van der Waals surface area contributed by atoms with Crippen LogP contribution in [-0.4, -0.2) is 18.6 Å². The summed E-state index contributed by atoms with van der Waals surface area (Å²) in [6.45, 7) is 6.30. The zero-order chi connectivity index (χ0) is 17.5. The van der Waals surface area contributed by atoms with Gasteiger partial charge in [0.25, 0.3) is 5.91 Å². The van der Waals surface area contributed by atoms with Crippen LogP contribution in [0.15, 0.2) is 42.5 Å². The Kier molecular flexibility index (Phi) is 6.50. The van der Waals surface area contributed by atoms with Gasteiger partial charge in [0.2, 0.25) is 0 Å². The molecule has 0 fully saturated rings. The first-order chi connectivity index (χ1) is 11.5. The van der Waals surface area contributed by atoms with Crippen molar-refractivity contribution >= 4 is 23.2 Å². The first-order valence-electron chi connectivity index (χ1n) is 8.00. The SMILES string of the molecule is CCOc1cccc(NC(=O)[C@H](CC)Oc2ccc(Cl)c(C)c2)c1. The van der Waals surface area contributed by atoms with E-state index in [1.54, 1.807) is 18.2 Å². The molecule has 4 nitrogen and oxygen atoms in total. The van der Waals surface area contributed by atoms with Gasteiger partial charge in [-0.2, -0.15) is 0 Å². The number of anilines is 1. The fourth-order valence-corrected chi connectivity index (χ4v) is 2.35. The number of ether oxygens (including phenoxy) is 2. The van der Waals surface area contributed by atoms with Crippen LogP contribution in [0.5, 0.6) is 11.5 Å². The van der Waals surface area contributed by atoms with Crippen molar-refractivity contribution in [1.29, 1.82) is 0 Å². The van der Waals surface area contributed by atoms with E-state index in [2.05, 4.69) is 5.32 Å². The van der Waals surface area contributed by atoms with Gasteiger partial charge in [0.15, 0.2) is 6.10 Å². The number of halogens is 1. The van der Waals surface area contributed by atoms with Crippen LogP contribution in [0.4, 0.5) is 5.69 Å². The van der Waals surface area contributed by atoms with Gasteiger partial charge in [-0.05, 0) is 56.2 Å². The Balaban J connectivity index is 2.05. The second-order valence-corrected chi connectivity index (χ2v) is 5.78. The molecule has 2 aromatic carbocycles. The van der Waals surface area contributed by atoms with E-state index in [9.17, 15) is 4.79 Å². The van der Waals surface area contributed by atoms with Gasteiger partial charge in [0.1, 0.15) is 11.5 Å². The first-order valence-corrected chi connectivity index (χ1v) is 8.37. The van der Waals surface area contributed by atoms with Crippen LogP contribution in [0.2, 0.25) is 5.02 Å². The third-order valence-electron chi connectivity index (χ3n) is 3.48. The van der Waals surface area contributed by atoms with Gasteiger partial charge in [-0.25, -0.2) is 0 Å². The number of carbonyl (C=O) groups is 1. The Bertz CT molecular complexity index is 703. The third-order valence-corrected chi connectivity index (χ3v) is 3.91. The minimum atomic E-state index is -0.582. The quantitative estimate of drug-likeness (QED) is 0.779. The number of hydrogen-bond donors (Lipinski definition) is 1. The Morgan fingerprint density at radius 2 is 1.96 bits per heavy atom. The third kappa shape index (κ3) is 4.90. The number of aryl methyl sites for hydroxylation is 1. The van der Waals surface area contributed by atoms with Gasteiger partial charge >= 0.3 is 0 Å². The average Bonchev–Trinajstić information content (AvgIpc) is 2.56. The van der Waals surface area contributed by atoms with Crippen LogP contribution in [-0.2, 0) is 4.79 Å². The first kappa shape index (κ1) is 18.1. The minimum absolute atomic E-state index is 0.196. The maximum atomic E-state index is 12.5. The second-order valence-electron chi connectivity index (χ2n) is 5.38. The molecule has 1 atom stereocenters. The molecule has 0 heterocycles. The van der Waals surface area contributed by atoms with E-state index >= 15 is 0 Å². The van der Waals surface area contributed by atoms with E-state index in [4.69, 9.17) is 21.1 Å². The zero-order valence-electron chi connectivity index (χ0n) is 14.1. The van der Waals surface area contributed by atoms with Crippen LogP contribution < -0.4 is 14.8 Å². The minimum Gasteiger partial charge on any atom is -0.494 e. The molecule has 2 rings (SSSR count). The molecule has 1 amide bonds. The summed E-state index contributed by atoms with van der Waals surface area (Å²) in [7, 11) is 0. The fraction of sp³-hybridized carbons (Fsp3) is 0.316. The second kappa shape index (κ2) is 8.60. The number of rotatable bonds is 7. The maximum Gasteiger partial charge on any atom is 0.265 e. The molecule has 128 valence electrons. The summed E-state index contributed by atoms with van der Waals surface area (Å²) in [6.07, 6.45) is -0.0279. The van der Waals surface area contributed by atoms with Crippen molar-refractivity contribution in [2.75, 3.05) is 11.9 Å². The lowest BCUT2D eigenvalue weighted by atomic mass is 10.2.